The number of ketones is 1. The molecule has 90 valence electrons. The van der Waals surface area contributed by atoms with Crippen molar-refractivity contribution in [1.82, 2.24) is 0 Å². The second-order valence-electron chi connectivity index (χ2n) is 4.38. The number of benzene rings is 1. The lowest BCUT2D eigenvalue weighted by Crippen LogP contribution is -2.19. The molecule has 1 amide bonds. The normalized spacial score (nSPS) is 16.0. The van der Waals surface area contributed by atoms with Crippen LogP contribution >= 0.6 is 11.8 Å². The van der Waals surface area contributed by atoms with Crippen molar-refractivity contribution in [2.45, 2.75) is 25.2 Å². The molecule has 1 atom stereocenters. The van der Waals surface area contributed by atoms with Gasteiger partial charge in [0.25, 0.3) is 0 Å². The number of Topliss-reactive ketones (excluding diaryl/α,β-unsaturated/α-hetero) is 1. The van der Waals surface area contributed by atoms with Gasteiger partial charge in [0.05, 0.1) is 11.4 Å². The van der Waals surface area contributed by atoms with Crippen LogP contribution in [0, 0.1) is 5.92 Å². The highest BCUT2D eigenvalue weighted by Gasteiger charge is 2.16. The Bertz CT molecular complexity index is 470. The van der Waals surface area contributed by atoms with Crippen molar-refractivity contribution in [3.63, 3.8) is 0 Å². The highest BCUT2D eigenvalue weighted by molar-refractivity contribution is 8.00. The second-order valence-corrected chi connectivity index (χ2v) is 5.40. The molecule has 1 aromatic carbocycles. The molecule has 4 heteroatoms. The minimum absolute atomic E-state index is 0.0278. The van der Waals surface area contributed by atoms with Gasteiger partial charge in [-0.15, -0.1) is 11.8 Å². The number of carbonyl (C=O) groups is 2. The largest absolute Gasteiger partial charge is 0.324 e. The van der Waals surface area contributed by atoms with Gasteiger partial charge < -0.3 is 5.32 Å². The molecule has 1 heterocycles. The molecule has 0 aliphatic carbocycles. The Kier molecular flexibility index (Phi) is 3.52. The molecule has 0 saturated heterocycles. The second kappa shape index (κ2) is 4.92. The quantitative estimate of drug-likeness (QED) is 0.895. The van der Waals surface area contributed by atoms with Crippen LogP contribution in [0.3, 0.4) is 0 Å². The number of fused-ring (bicyclic) bond motifs is 1. The van der Waals surface area contributed by atoms with Crippen molar-refractivity contribution in [1.29, 1.82) is 0 Å². The molecular formula is C13H15NO2S. The van der Waals surface area contributed by atoms with E-state index < -0.39 is 0 Å². The number of amides is 1. The van der Waals surface area contributed by atoms with E-state index in [2.05, 4.69) is 5.32 Å². The summed E-state index contributed by atoms with van der Waals surface area (Å²) in [6.07, 6.45) is 0.725. The van der Waals surface area contributed by atoms with E-state index in [0.29, 0.717) is 5.75 Å². The number of hydrogen-bond donors (Lipinski definition) is 1. The topological polar surface area (TPSA) is 46.2 Å². The van der Waals surface area contributed by atoms with Crippen LogP contribution in [0.2, 0.25) is 0 Å². The summed E-state index contributed by atoms with van der Waals surface area (Å²) in [5.74, 6) is 0.747. The molecule has 0 bridgehead atoms. The molecule has 1 N–H and O–H groups in total. The number of thioether (sulfide) groups is 1. The fourth-order valence-corrected chi connectivity index (χ4v) is 2.54. The van der Waals surface area contributed by atoms with E-state index in [9.17, 15) is 9.59 Å². The maximum Gasteiger partial charge on any atom is 0.234 e. The van der Waals surface area contributed by atoms with Gasteiger partial charge in [-0.25, -0.2) is 0 Å². The smallest absolute Gasteiger partial charge is 0.234 e. The Morgan fingerprint density at radius 3 is 3.00 bits per heavy atom. The third-order valence-corrected chi connectivity index (χ3v) is 3.99. The van der Waals surface area contributed by atoms with E-state index in [4.69, 9.17) is 0 Å². The van der Waals surface area contributed by atoms with Crippen LogP contribution in [0.4, 0.5) is 5.69 Å². The summed E-state index contributed by atoms with van der Waals surface area (Å²) in [5.41, 5.74) is 1.97. The molecule has 0 spiro atoms. The summed E-state index contributed by atoms with van der Waals surface area (Å²) in [6.45, 7) is 3.54. The van der Waals surface area contributed by atoms with E-state index in [1.165, 1.54) is 0 Å². The Balaban J connectivity index is 2.18. The number of hydrogen-bond acceptors (Lipinski definition) is 3. The Hall–Kier alpha value is -1.29. The van der Waals surface area contributed by atoms with Gasteiger partial charge in [-0.3, -0.25) is 9.59 Å². The van der Waals surface area contributed by atoms with Crippen LogP contribution < -0.4 is 5.32 Å². The van der Waals surface area contributed by atoms with Crippen molar-refractivity contribution in [3.05, 3.63) is 23.8 Å². The standard InChI is InChI=1S/C13H15NO2S/c1-8(9(2)15)5-10-3-4-12-11(6-10)14-13(16)7-17-12/h3-4,6,8H,5,7H2,1-2H3,(H,14,16). The van der Waals surface area contributed by atoms with Crippen molar-refractivity contribution in [2.75, 3.05) is 11.1 Å². The highest BCUT2D eigenvalue weighted by atomic mass is 32.2. The summed E-state index contributed by atoms with van der Waals surface area (Å²) in [6, 6.07) is 6.02. The van der Waals surface area contributed by atoms with Gasteiger partial charge in [0.15, 0.2) is 0 Å². The SMILES string of the molecule is CC(=O)C(C)Cc1ccc2c(c1)NC(=O)CS2. The minimum atomic E-state index is 0.0278. The molecule has 1 aromatic rings. The summed E-state index contributed by atoms with van der Waals surface area (Å²) < 4.78 is 0. The van der Waals surface area contributed by atoms with Crippen molar-refractivity contribution in [3.8, 4) is 0 Å². The van der Waals surface area contributed by atoms with Crippen LogP contribution in [0.5, 0.6) is 0 Å². The molecule has 0 saturated carbocycles. The van der Waals surface area contributed by atoms with E-state index in [1.807, 2.05) is 25.1 Å². The lowest BCUT2D eigenvalue weighted by Gasteiger charge is -2.17. The summed E-state index contributed by atoms with van der Waals surface area (Å²) in [7, 11) is 0. The zero-order valence-corrected chi connectivity index (χ0v) is 10.8. The van der Waals surface area contributed by atoms with Gasteiger partial charge in [-0.05, 0) is 31.0 Å². The average Bonchev–Trinajstić information content (AvgIpc) is 2.28. The van der Waals surface area contributed by atoms with E-state index >= 15 is 0 Å². The number of carbonyl (C=O) groups excluding carboxylic acids is 2. The van der Waals surface area contributed by atoms with Gasteiger partial charge in [-0.1, -0.05) is 13.0 Å². The van der Waals surface area contributed by atoms with Crippen LogP contribution in [0.25, 0.3) is 0 Å². The summed E-state index contributed by atoms with van der Waals surface area (Å²) in [5, 5.41) is 2.86. The monoisotopic (exact) mass is 249 g/mol. The first-order chi connectivity index (χ1) is 8.06. The highest BCUT2D eigenvalue weighted by Crippen LogP contribution is 2.32. The Labute approximate surface area is 105 Å². The van der Waals surface area contributed by atoms with Gasteiger partial charge in [-0.2, -0.15) is 0 Å². The van der Waals surface area contributed by atoms with Gasteiger partial charge in [0, 0.05) is 10.8 Å². The number of anilines is 1. The number of rotatable bonds is 3. The molecule has 17 heavy (non-hydrogen) atoms. The molecule has 0 aromatic heterocycles. The molecular weight excluding hydrogens is 234 g/mol. The molecule has 1 unspecified atom stereocenters. The summed E-state index contributed by atoms with van der Waals surface area (Å²) in [4.78, 5) is 23.6. The van der Waals surface area contributed by atoms with Gasteiger partial charge in [0.1, 0.15) is 5.78 Å². The first-order valence-corrected chi connectivity index (χ1v) is 6.61. The lowest BCUT2D eigenvalue weighted by atomic mass is 9.97. The predicted molar refractivity (Wildman–Crippen MR) is 69.3 cm³/mol. The van der Waals surface area contributed by atoms with E-state index in [0.717, 1.165) is 22.6 Å². The maximum absolute atomic E-state index is 11.3. The third kappa shape index (κ3) is 2.88. The number of nitrogens with one attached hydrogen (secondary N) is 1. The van der Waals surface area contributed by atoms with Gasteiger partial charge >= 0.3 is 0 Å². The minimum Gasteiger partial charge on any atom is -0.324 e. The van der Waals surface area contributed by atoms with Crippen molar-refractivity contribution >= 4 is 29.1 Å². The zero-order valence-electron chi connectivity index (χ0n) is 9.95. The Morgan fingerprint density at radius 2 is 2.29 bits per heavy atom. The van der Waals surface area contributed by atoms with Crippen LogP contribution in [-0.2, 0) is 16.0 Å². The molecule has 3 nitrogen and oxygen atoms in total. The first kappa shape index (κ1) is 12.2. The molecule has 1 aliphatic heterocycles. The van der Waals surface area contributed by atoms with E-state index in [1.54, 1.807) is 18.7 Å². The summed E-state index contributed by atoms with van der Waals surface area (Å²) >= 11 is 1.55. The van der Waals surface area contributed by atoms with Crippen molar-refractivity contribution in [2.24, 2.45) is 5.92 Å². The van der Waals surface area contributed by atoms with Crippen LogP contribution in [0.1, 0.15) is 19.4 Å². The third-order valence-electron chi connectivity index (χ3n) is 2.91. The van der Waals surface area contributed by atoms with E-state index in [-0.39, 0.29) is 17.6 Å². The van der Waals surface area contributed by atoms with Crippen molar-refractivity contribution < 1.29 is 9.59 Å². The molecule has 0 radical (unpaired) electrons. The first-order valence-electron chi connectivity index (χ1n) is 5.62. The predicted octanol–water partition coefficient (Wildman–Crippen LogP) is 2.50. The Morgan fingerprint density at radius 1 is 1.53 bits per heavy atom. The zero-order chi connectivity index (χ0) is 12.4. The average molecular weight is 249 g/mol. The maximum atomic E-state index is 11.3. The molecule has 2 rings (SSSR count). The van der Waals surface area contributed by atoms with Gasteiger partial charge in [0.2, 0.25) is 5.91 Å². The van der Waals surface area contributed by atoms with Crippen LogP contribution in [0.15, 0.2) is 23.1 Å². The van der Waals surface area contributed by atoms with Crippen LogP contribution in [-0.4, -0.2) is 17.4 Å². The lowest BCUT2D eigenvalue weighted by molar-refractivity contribution is -0.120. The molecule has 0 fully saturated rings. The molecule has 1 aliphatic rings. The fourth-order valence-electron chi connectivity index (χ4n) is 1.75. The fraction of sp³-hybridized carbons (Fsp3) is 0.385.